The highest BCUT2D eigenvalue weighted by molar-refractivity contribution is 7.89. The Kier molecular flexibility index (Phi) is 4.10. The van der Waals surface area contributed by atoms with Crippen molar-refractivity contribution < 1.29 is 17.9 Å². The van der Waals surface area contributed by atoms with E-state index in [1.165, 1.54) is 11.0 Å². The van der Waals surface area contributed by atoms with Gasteiger partial charge in [0, 0.05) is 19.1 Å². The number of ether oxygens (including phenoxy) is 1. The molecule has 0 aliphatic carbocycles. The van der Waals surface area contributed by atoms with Crippen molar-refractivity contribution in [3.8, 4) is 5.75 Å². The van der Waals surface area contributed by atoms with Crippen molar-refractivity contribution in [1.29, 1.82) is 0 Å². The average molecular weight is 338 g/mol. The number of likely N-dealkylation sites (N-methyl/N-ethyl adjacent to an activating group) is 1. The van der Waals surface area contributed by atoms with Gasteiger partial charge in [-0.15, -0.1) is 0 Å². The first-order valence-corrected chi connectivity index (χ1v) is 9.33. The number of carbonyl (C=O) groups is 1. The summed E-state index contributed by atoms with van der Waals surface area (Å²) in [5, 5.41) is 0. The molecule has 1 fully saturated rings. The Hall–Kier alpha value is -1.60. The third-order valence-electron chi connectivity index (χ3n) is 4.71. The molecule has 0 spiro atoms. The topological polar surface area (TPSA) is 66.9 Å². The van der Waals surface area contributed by atoms with Crippen LogP contribution in [0.5, 0.6) is 5.75 Å². The molecule has 1 amide bonds. The molecule has 0 saturated carbocycles. The lowest BCUT2D eigenvalue weighted by molar-refractivity contribution is -0.120. The Labute approximate surface area is 137 Å². The van der Waals surface area contributed by atoms with Gasteiger partial charge in [-0.1, -0.05) is 6.42 Å². The Balaban J connectivity index is 2.02. The van der Waals surface area contributed by atoms with Gasteiger partial charge in [-0.2, -0.15) is 4.31 Å². The lowest BCUT2D eigenvalue weighted by Crippen LogP contribution is -2.47. The number of sulfonamides is 1. The zero-order valence-electron chi connectivity index (χ0n) is 13.7. The van der Waals surface area contributed by atoms with Crippen molar-refractivity contribution in [2.45, 2.75) is 50.1 Å². The molecule has 0 radical (unpaired) electrons. The number of rotatable bonds is 2. The molecule has 0 unspecified atom stereocenters. The number of fused-ring (bicyclic) bond motifs is 1. The van der Waals surface area contributed by atoms with Gasteiger partial charge in [0.2, 0.25) is 10.0 Å². The first-order valence-electron chi connectivity index (χ1n) is 7.89. The van der Waals surface area contributed by atoms with E-state index in [1.54, 1.807) is 23.5 Å². The van der Waals surface area contributed by atoms with E-state index in [0.717, 1.165) is 19.3 Å². The number of nitrogens with zero attached hydrogens (tertiary/aromatic N) is 2. The highest BCUT2D eigenvalue weighted by atomic mass is 32.2. The SMILES string of the molecule is C[C@H]1CCC[C@H](C)N1S(=O)(=O)c1ccc2c(c1)N(C)C(=O)CO2. The summed E-state index contributed by atoms with van der Waals surface area (Å²) < 4.78 is 33.1. The minimum atomic E-state index is -3.59. The maximum Gasteiger partial charge on any atom is 0.264 e. The first kappa shape index (κ1) is 16.3. The van der Waals surface area contributed by atoms with Crippen LogP contribution in [0.15, 0.2) is 23.1 Å². The number of anilines is 1. The van der Waals surface area contributed by atoms with Crippen molar-refractivity contribution >= 4 is 21.6 Å². The molecule has 2 atom stereocenters. The quantitative estimate of drug-likeness (QED) is 0.827. The van der Waals surface area contributed by atoms with Gasteiger partial charge in [-0.25, -0.2) is 8.42 Å². The zero-order chi connectivity index (χ0) is 16.8. The van der Waals surface area contributed by atoms with Gasteiger partial charge in [-0.05, 0) is 44.9 Å². The van der Waals surface area contributed by atoms with Gasteiger partial charge in [0.25, 0.3) is 5.91 Å². The van der Waals surface area contributed by atoms with Crippen LogP contribution in [0.2, 0.25) is 0 Å². The molecule has 23 heavy (non-hydrogen) atoms. The second kappa shape index (κ2) is 5.79. The van der Waals surface area contributed by atoms with Gasteiger partial charge in [0.1, 0.15) is 5.75 Å². The summed E-state index contributed by atoms with van der Waals surface area (Å²) in [5.74, 6) is 0.345. The van der Waals surface area contributed by atoms with E-state index in [0.29, 0.717) is 11.4 Å². The minimum Gasteiger partial charge on any atom is -0.482 e. The van der Waals surface area contributed by atoms with Crippen molar-refractivity contribution in [3.63, 3.8) is 0 Å². The minimum absolute atomic E-state index is 0.0181. The maximum absolute atomic E-state index is 13.1. The largest absolute Gasteiger partial charge is 0.482 e. The number of hydrogen-bond donors (Lipinski definition) is 0. The monoisotopic (exact) mass is 338 g/mol. The number of amides is 1. The van der Waals surface area contributed by atoms with E-state index in [9.17, 15) is 13.2 Å². The van der Waals surface area contributed by atoms with E-state index < -0.39 is 10.0 Å². The van der Waals surface area contributed by atoms with E-state index >= 15 is 0 Å². The fourth-order valence-corrected chi connectivity index (χ4v) is 5.31. The molecular weight excluding hydrogens is 316 g/mol. The molecule has 2 aliphatic heterocycles. The molecule has 2 aliphatic rings. The summed E-state index contributed by atoms with van der Waals surface area (Å²) in [6, 6.07) is 4.69. The standard InChI is InChI=1S/C16H22N2O4S/c1-11-5-4-6-12(2)18(11)23(20,21)13-7-8-15-14(9-13)17(3)16(19)10-22-15/h7-9,11-12H,4-6,10H2,1-3H3/t11-,12-/m0/s1. The van der Waals surface area contributed by atoms with Crippen LogP contribution in [-0.2, 0) is 14.8 Å². The van der Waals surface area contributed by atoms with Gasteiger partial charge in [-0.3, -0.25) is 4.79 Å². The van der Waals surface area contributed by atoms with Crippen LogP contribution >= 0.6 is 0 Å². The summed E-state index contributed by atoms with van der Waals surface area (Å²) in [7, 11) is -1.96. The van der Waals surface area contributed by atoms with Crippen LogP contribution in [-0.4, -0.2) is 44.4 Å². The summed E-state index contributed by atoms with van der Waals surface area (Å²) in [5.41, 5.74) is 0.500. The summed E-state index contributed by atoms with van der Waals surface area (Å²) in [4.78, 5) is 13.4. The third kappa shape index (κ3) is 2.72. The molecule has 1 aromatic rings. The van der Waals surface area contributed by atoms with Crippen LogP contribution in [0, 0.1) is 0 Å². The summed E-state index contributed by atoms with van der Waals surface area (Å²) in [6.07, 6.45) is 2.79. The number of benzene rings is 1. The summed E-state index contributed by atoms with van der Waals surface area (Å²) in [6.45, 7) is 3.88. The lowest BCUT2D eigenvalue weighted by Gasteiger charge is -2.38. The van der Waals surface area contributed by atoms with Crippen molar-refractivity contribution in [2.75, 3.05) is 18.6 Å². The second-order valence-corrected chi connectivity index (χ2v) is 8.18. The number of hydrogen-bond acceptors (Lipinski definition) is 4. The highest BCUT2D eigenvalue weighted by Crippen LogP contribution is 2.36. The molecule has 1 aromatic carbocycles. The van der Waals surface area contributed by atoms with E-state index in [1.807, 2.05) is 13.8 Å². The van der Waals surface area contributed by atoms with Crippen molar-refractivity contribution in [3.05, 3.63) is 18.2 Å². The summed E-state index contributed by atoms with van der Waals surface area (Å²) >= 11 is 0. The smallest absolute Gasteiger partial charge is 0.264 e. The van der Waals surface area contributed by atoms with Gasteiger partial charge in [0.05, 0.1) is 10.6 Å². The fourth-order valence-electron chi connectivity index (χ4n) is 3.41. The van der Waals surface area contributed by atoms with Crippen LogP contribution in [0.4, 0.5) is 5.69 Å². The molecule has 6 nitrogen and oxygen atoms in total. The number of piperidine rings is 1. The van der Waals surface area contributed by atoms with Gasteiger partial charge >= 0.3 is 0 Å². The highest BCUT2D eigenvalue weighted by Gasteiger charge is 2.36. The van der Waals surface area contributed by atoms with Crippen molar-refractivity contribution in [1.82, 2.24) is 4.31 Å². The second-order valence-electron chi connectivity index (χ2n) is 6.33. The fraction of sp³-hybridized carbons (Fsp3) is 0.562. The Morgan fingerprint density at radius 1 is 1.17 bits per heavy atom. The van der Waals surface area contributed by atoms with E-state index in [-0.39, 0.29) is 29.5 Å². The Bertz CT molecular complexity index is 722. The first-order chi connectivity index (χ1) is 10.8. The van der Waals surface area contributed by atoms with E-state index in [2.05, 4.69) is 0 Å². The van der Waals surface area contributed by atoms with Gasteiger partial charge in [0.15, 0.2) is 6.61 Å². The maximum atomic E-state index is 13.1. The van der Waals surface area contributed by atoms with E-state index in [4.69, 9.17) is 4.74 Å². The average Bonchev–Trinajstić information content (AvgIpc) is 2.50. The third-order valence-corrected chi connectivity index (χ3v) is 6.83. The number of carbonyl (C=O) groups excluding carboxylic acids is 1. The molecule has 7 heteroatoms. The molecule has 0 N–H and O–H groups in total. The molecule has 126 valence electrons. The molecule has 2 heterocycles. The predicted molar refractivity (Wildman–Crippen MR) is 87.1 cm³/mol. The molecular formula is C16H22N2O4S. The Morgan fingerprint density at radius 2 is 1.83 bits per heavy atom. The predicted octanol–water partition coefficient (Wildman–Crippen LogP) is 1.99. The van der Waals surface area contributed by atoms with Crippen LogP contribution in [0.3, 0.4) is 0 Å². The normalized spacial score (nSPS) is 25.9. The molecule has 0 aromatic heterocycles. The Morgan fingerprint density at radius 3 is 2.48 bits per heavy atom. The van der Waals surface area contributed by atoms with Crippen LogP contribution in [0.25, 0.3) is 0 Å². The van der Waals surface area contributed by atoms with Gasteiger partial charge < -0.3 is 9.64 Å². The molecule has 3 rings (SSSR count). The molecule has 0 bridgehead atoms. The van der Waals surface area contributed by atoms with Crippen LogP contribution < -0.4 is 9.64 Å². The van der Waals surface area contributed by atoms with Crippen LogP contribution in [0.1, 0.15) is 33.1 Å². The van der Waals surface area contributed by atoms with Crippen molar-refractivity contribution in [2.24, 2.45) is 0 Å². The molecule has 1 saturated heterocycles. The lowest BCUT2D eigenvalue weighted by atomic mass is 10.0. The zero-order valence-corrected chi connectivity index (χ0v) is 14.5.